The minimum atomic E-state index is 0.641. The maximum atomic E-state index is 5.42. The molecule has 2 N–H and O–H groups in total. The number of hydrogen-bond donors (Lipinski definition) is 1. The highest BCUT2D eigenvalue weighted by atomic mass is 14.7. The third-order valence-corrected chi connectivity index (χ3v) is 2.39. The van der Waals surface area contributed by atoms with Crippen LogP contribution in [0.3, 0.4) is 0 Å². The number of nitrogens with two attached hydrogens (primary N) is 1. The molecule has 0 amide bonds. The molecule has 17 heavy (non-hydrogen) atoms. The topological polar surface area (TPSA) is 38.4 Å². The van der Waals surface area contributed by atoms with Crippen LogP contribution in [-0.4, -0.2) is 6.21 Å². The van der Waals surface area contributed by atoms with Crippen LogP contribution in [0.2, 0.25) is 0 Å². The molecule has 1 aromatic rings. The van der Waals surface area contributed by atoms with Crippen molar-refractivity contribution in [3.05, 3.63) is 59.3 Å². The molecule has 0 atom stereocenters. The molecule has 2 rings (SSSR count). The summed E-state index contributed by atoms with van der Waals surface area (Å²) >= 11 is 0. The van der Waals surface area contributed by atoms with E-state index in [4.69, 9.17) is 5.73 Å². The van der Waals surface area contributed by atoms with E-state index in [9.17, 15) is 0 Å². The summed E-state index contributed by atoms with van der Waals surface area (Å²) in [6, 6.07) is 8.23. The lowest BCUT2D eigenvalue weighted by Crippen LogP contribution is -1.95. The van der Waals surface area contributed by atoms with Crippen molar-refractivity contribution >= 4 is 6.21 Å². The Hall–Kier alpha value is -1.67. The Kier molecular flexibility index (Phi) is 5.97. The Morgan fingerprint density at radius 1 is 1.29 bits per heavy atom. The molecule has 0 saturated heterocycles. The fourth-order valence-electron chi connectivity index (χ4n) is 1.43. The van der Waals surface area contributed by atoms with Crippen LogP contribution >= 0.6 is 0 Å². The smallest absolute Gasteiger partial charge is 0.0267 e. The monoisotopic (exact) mass is 228 g/mol. The quantitative estimate of drug-likeness (QED) is 0.786. The van der Waals surface area contributed by atoms with Crippen molar-refractivity contribution in [3.63, 3.8) is 0 Å². The molecule has 90 valence electrons. The summed E-state index contributed by atoms with van der Waals surface area (Å²) in [5.41, 5.74) is 9.26. The van der Waals surface area contributed by atoms with E-state index in [1.807, 2.05) is 30.6 Å². The minimum Gasteiger partial charge on any atom is -0.326 e. The van der Waals surface area contributed by atoms with E-state index in [2.05, 4.69) is 37.0 Å². The number of nitrogens with zero attached hydrogens (tertiary/aromatic N) is 1. The van der Waals surface area contributed by atoms with Crippen molar-refractivity contribution in [1.29, 1.82) is 0 Å². The van der Waals surface area contributed by atoms with Crippen molar-refractivity contribution in [2.24, 2.45) is 10.7 Å². The van der Waals surface area contributed by atoms with Crippen molar-refractivity contribution in [2.75, 3.05) is 0 Å². The molecule has 0 radical (unpaired) electrons. The number of hydrogen-bond acceptors (Lipinski definition) is 2. The van der Waals surface area contributed by atoms with Crippen LogP contribution in [0.1, 0.15) is 24.5 Å². The molecule has 0 bridgehead atoms. The first-order valence-corrected chi connectivity index (χ1v) is 5.82. The van der Waals surface area contributed by atoms with Crippen LogP contribution in [0, 0.1) is 6.92 Å². The Morgan fingerprint density at radius 2 is 2.12 bits per heavy atom. The number of aliphatic imine (C=N–C) groups is 1. The van der Waals surface area contributed by atoms with E-state index in [0.717, 1.165) is 6.42 Å². The molecule has 0 unspecified atom stereocenters. The Labute approximate surface area is 104 Å². The fraction of sp³-hybridized carbons (Fsp3) is 0.267. The number of allylic oxidation sites excluding steroid dienone is 3. The summed E-state index contributed by atoms with van der Waals surface area (Å²) in [6.07, 6.45) is 8.77. The number of rotatable bonds is 1. The van der Waals surface area contributed by atoms with E-state index >= 15 is 0 Å². The molecule has 2 nitrogen and oxygen atoms in total. The van der Waals surface area contributed by atoms with Gasteiger partial charge in [0.15, 0.2) is 0 Å². The molecule has 0 saturated carbocycles. The third kappa shape index (κ3) is 5.83. The summed E-state index contributed by atoms with van der Waals surface area (Å²) in [6.45, 7) is 4.81. The highest BCUT2D eigenvalue weighted by molar-refractivity contribution is 5.73. The van der Waals surface area contributed by atoms with Gasteiger partial charge in [0.05, 0.1) is 0 Å². The van der Waals surface area contributed by atoms with Crippen LogP contribution in [0.5, 0.6) is 0 Å². The van der Waals surface area contributed by atoms with Crippen LogP contribution in [-0.2, 0) is 6.54 Å². The van der Waals surface area contributed by atoms with Gasteiger partial charge in [0, 0.05) is 19.0 Å². The second kappa shape index (κ2) is 7.58. The lowest BCUT2D eigenvalue weighted by molar-refractivity contribution is 1.07. The molecule has 1 aliphatic rings. The van der Waals surface area contributed by atoms with Gasteiger partial charge in [0.25, 0.3) is 0 Å². The van der Waals surface area contributed by atoms with E-state index in [1.165, 1.54) is 16.7 Å². The second-order valence-corrected chi connectivity index (χ2v) is 4.09. The predicted octanol–water partition coefficient (Wildman–Crippen LogP) is 3.37. The molecule has 0 spiro atoms. The van der Waals surface area contributed by atoms with Crippen molar-refractivity contribution in [2.45, 2.75) is 26.8 Å². The second-order valence-electron chi connectivity index (χ2n) is 4.09. The van der Waals surface area contributed by atoms with Gasteiger partial charge in [-0.15, -0.1) is 0 Å². The molecule has 0 aliphatic carbocycles. The maximum absolute atomic E-state index is 5.42. The normalized spacial score (nSPS) is 13.5. The predicted molar refractivity (Wildman–Crippen MR) is 75.1 cm³/mol. The maximum Gasteiger partial charge on any atom is 0.0267 e. The average molecular weight is 228 g/mol. The highest BCUT2D eigenvalue weighted by Crippen LogP contribution is 2.02. The molecule has 1 aliphatic heterocycles. The lowest BCUT2D eigenvalue weighted by atomic mass is 10.1. The van der Waals surface area contributed by atoms with Crippen LogP contribution in [0.25, 0.3) is 0 Å². The standard InChI is InChI=1S/C8H11N.C7H9N/c1-7-3-2-4-8(5-7)6-9;1-7-3-2-5-8-6-4-7/h2-5H,6,9H2,1H3;2,4-6H,3H2,1H3. The van der Waals surface area contributed by atoms with Crippen molar-refractivity contribution in [3.8, 4) is 0 Å². The zero-order valence-electron chi connectivity index (χ0n) is 10.6. The van der Waals surface area contributed by atoms with E-state index in [-0.39, 0.29) is 0 Å². The van der Waals surface area contributed by atoms with Gasteiger partial charge in [-0.3, -0.25) is 4.99 Å². The molecule has 0 aromatic heterocycles. The van der Waals surface area contributed by atoms with E-state index < -0.39 is 0 Å². The minimum absolute atomic E-state index is 0.641. The molecule has 1 heterocycles. The summed E-state index contributed by atoms with van der Waals surface area (Å²) in [5, 5.41) is 0. The zero-order valence-corrected chi connectivity index (χ0v) is 10.6. The Balaban J connectivity index is 0.000000171. The van der Waals surface area contributed by atoms with Gasteiger partial charge >= 0.3 is 0 Å². The van der Waals surface area contributed by atoms with Crippen LogP contribution in [0.15, 0.2) is 53.2 Å². The van der Waals surface area contributed by atoms with Crippen molar-refractivity contribution in [1.82, 2.24) is 0 Å². The number of benzene rings is 1. The Bertz CT molecular complexity index is 428. The first-order chi connectivity index (χ1) is 8.22. The molecular weight excluding hydrogens is 208 g/mol. The molecule has 1 aromatic carbocycles. The van der Waals surface area contributed by atoms with Gasteiger partial charge in [0.2, 0.25) is 0 Å². The average Bonchev–Trinajstić information content (AvgIpc) is 2.58. The van der Waals surface area contributed by atoms with E-state index in [0.29, 0.717) is 6.54 Å². The third-order valence-electron chi connectivity index (χ3n) is 2.39. The lowest BCUT2D eigenvalue weighted by Gasteiger charge is -1.95. The first-order valence-electron chi connectivity index (χ1n) is 5.82. The number of aryl methyl sites for hydroxylation is 1. The SMILES string of the molecule is CC1=CC=NC=CC1.Cc1cccc(CN)c1. The van der Waals surface area contributed by atoms with Gasteiger partial charge in [-0.05, 0) is 31.9 Å². The van der Waals surface area contributed by atoms with Gasteiger partial charge in [-0.1, -0.05) is 41.5 Å². The van der Waals surface area contributed by atoms with Crippen LogP contribution < -0.4 is 5.73 Å². The van der Waals surface area contributed by atoms with Crippen LogP contribution in [0.4, 0.5) is 0 Å². The molecular formula is C15H20N2. The molecule has 2 heteroatoms. The van der Waals surface area contributed by atoms with Gasteiger partial charge < -0.3 is 5.73 Å². The summed E-state index contributed by atoms with van der Waals surface area (Å²) in [4.78, 5) is 3.94. The Morgan fingerprint density at radius 3 is 2.76 bits per heavy atom. The van der Waals surface area contributed by atoms with E-state index in [1.54, 1.807) is 0 Å². The van der Waals surface area contributed by atoms with Gasteiger partial charge in [-0.2, -0.15) is 0 Å². The van der Waals surface area contributed by atoms with Crippen molar-refractivity contribution < 1.29 is 0 Å². The summed E-state index contributed by atoms with van der Waals surface area (Å²) in [7, 11) is 0. The summed E-state index contributed by atoms with van der Waals surface area (Å²) < 4.78 is 0. The zero-order chi connectivity index (χ0) is 12.5. The van der Waals surface area contributed by atoms with Gasteiger partial charge in [0.1, 0.15) is 0 Å². The summed E-state index contributed by atoms with van der Waals surface area (Å²) in [5.74, 6) is 0. The largest absolute Gasteiger partial charge is 0.326 e. The van der Waals surface area contributed by atoms with Gasteiger partial charge in [-0.25, -0.2) is 0 Å². The first kappa shape index (κ1) is 13.4. The molecule has 0 fully saturated rings. The highest BCUT2D eigenvalue weighted by Gasteiger charge is 1.86. The fourth-order valence-corrected chi connectivity index (χ4v) is 1.43.